The van der Waals surface area contributed by atoms with Crippen molar-refractivity contribution >= 4 is 5.91 Å². The number of amides is 1. The van der Waals surface area contributed by atoms with E-state index in [0.29, 0.717) is 19.0 Å². The maximum absolute atomic E-state index is 11.8. The van der Waals surface area contributed by atoms with Crippen LogP contribution in [-0.4, -0.2) is 29.7 Å². The summed E-state index contributed by atoms with van der Waals surface area (Å²) in [6, 6.07) is 0. The molecule has 17 heavy (non-hydrogen) atoms. The molecular formula is C13H26N2O2. The number of rotatable bonds is 4. The lowest BCUT2D eigenvalue weighted by molar-refractivity contribution is -0.130. The molecule has 0 saturated heterocycles. The molecule has 0 atom stereocenters. The van der Waals surface area contributed by atoms with Gasteiger partial charge in [-0.3, -0.25) is 4.79 Å². The number of carbonyl (C=O) groups excluding carboxylic acids is 1. The molecule has 0 aromatic rings. The molecule has 4 N–H and O–H groups in total. The molecule has 0 aliphatic heterocycles. The minimum atomic E-state index is -0.715. The van der Waals surface area contributed by atoms with Crippen LogP contribution in [0.4, 0.5) is 0 Å². The minimum Gasteiger partial charge on any atom is -0.388 e. The summed E-state index contributed by atoms with van der Waals surface area (Å²) >= 11 is 0. The molecular weight excluding hydrogens is 216 g/mol. The Morgan fingerprint density at radius 3 is 2.47 bits per heavy atom. The van der Waals surface area contributed by atoms with Gasteiger partial charge in [-0.25, -0.2) is 0 Å². The predicted octanol–water partition coefficient (Wildman–Crippen LogP) is 1.03. The highest BCUT2D eigenvalue weighted by Crippen LogP contribution is 2.31. The molecule has 0 radical (unpaired) electrons. The Balaban J connectivity index is 2.42. The van der Waals surface area contributed by atoms with Gasteiger partial charge >= 0.3 is 0 Å². The van der Waals surface area contributed by atoms with Gasteiger partial charge in [0.15, 0.2) is 0 Å². The summed E-state index contributed by atoms with van der Waals surface area (Å²) in [5.41, 5.74) is 4.27. The third-order valence-corrected chi connectivity index (χ3v) is 3.91. The van der Waals surface area contributed by atoms with E-state index >= 15 is 0 Å². The van der Waals surface area contributed by atoms with Gasteiger partial charge in [0.1, 0.15) is 0 Å². The quantitative estimate of drug-likeness (QED) is 0.689. The molecule has 1 rings (SSSR count). The molecule has 1 aliphatic rings. The fraction of sp³-hybridized carbons (Fsp3) is 0.923. The molecule has 0 bridgehead atoms. The Labute approximate surface area is 104 Å². The number of nitrogens with one attached hydrogen (secondary N) is 1. The van der Waals surface area contributed by atoms with E-state index < -0.39 is 11.0 Å². The van der Waals surface area contributed by atoms with Gasteiger partial charge in [-0.2, -0.15) is 0 Å². The summed E-state index contributed by atoms with van der Waals surface area (Å²) in [5, 5.41) is 13.2. The van der Waals surface area contributed by atoms with Crippen LogP contribution in [0.2, 0.25) is 0 Å². The minimum absolute atomic E-state index is 0.0768. The fourth-order valence-electron chi connectivity index (χ4n) is 2.05. The highest BCUT2D eigenvalue weighted by atomic mass is 16.3. The largest absolute Gasteiger partial charge is 0.388 e. The van der Waals surface area contributed by atoms with Gasteiger partial charge in [-0.1, -0.05) is 6.92 Å². The second-order valence-corrected chi connectivity index (χ2v) is 6.18. The van der Waals surface area contributed by atoms with E-state index in [1.54, 1.807) is 0 Å². The van der Waals surface area contributed by atoms with Crippen LogP contribution in [0.3, 0.4) is 0 Å². The van der Waals surface area contributed by atoms with Crippen molar-refractivity contribution in [2.45, 2.75) is 52.1 Å². The van der Waals surface area contributed by atoms with Crippen molar-refractivity contribution in [2.24, 2.45) is 17.1 Å². The molecule has 4 nitrogen and oxygen atoms in total. The smallest absolute Gasteiger partial charge is 0.227 e. The number of hydrogen-bond donors (Lipinski definition) is 3. The molecule has 100 valence electrons. The Kier molecular flexibility index (Phi) is 4.55. The lowest BCUT2D eigenvalue weighted by Gasteiger charge is -2.35. The maximum atomic E-state index is 11.8. The summed E-state index contributed by atoms with van der Waals surface area (Å²) < 4.78 is 0. The van der Waals surface area contributed by atoms with Crippen LogP contribution in [0.25, 0.3) is 0 Å². The second-order valence-electron chi connectivity index (χ2n) is 6.18. The average Bonchev–Trinajstić information content (AvgIpc) is 2.30. The molecule has 1 amide bonds. The lowest BCUT2D eigenvalue weighted by atomic mass is 9.79. The molecule has 0 spiro atoms. The van der Waals surface area contributed by atoms with Crippen molar-refractivity contribution in [1.82, 2.24) is 5.32 Å². The third kappa shape index (κ3) is 3.96. The van der Waals surface area contributed by atoms with Crippen LogP contribution in [0.15, 0.2) is 0 Å². The topological polar surface area (TPSA) is 75.3 Å². The van der Waals surface area contributed by atoms with E-state index in [-0.39, 0.29) is 5.91 Å². The van der Waals surface area contributed by atoms with Gasteiger partial charge in [-0.15, -0.1) is 0 Å². The summed E-state index contributed by atoms with van der Waals surface area (Å²) in [6.07, 6.45) is 3.62. The zero-order valence-electron chi connectivity index (χ0n) is 11.3. The van der Waals surface area contributed by atoms with Crippen LogP contribution in [0.1, 0.15) is 46.5 Å². The van der Waals surface area contributed by atoms with Crippen LogP contribution in [-0.2, 0) is 4.79 Å². The van der Waals surface area contributed by atoms with Gasteiger partial charge in [0, 0.05) is 13.1 Å². The average molecular weight is 242 g/mol. The van der Waals surface area contributed by atoms with E-state index in [2.05, 4.69) is 12.2 Å². The molecule has 1 saturated carbocycles. The number of carbonyl (C=O) groups is 1. The zero-order valence-corrected chi connectivity index (χ0v) is 11.3. The van der Waals surface area contributed by atoms with Crippen molar-refractivity contribution in [3.05, 3.63) is 0 Å². The standard InChI is InChI=1S/C13H26N2O2/c1-10-4-6-13(17,7-5-10)9-15-11(16)12(2,3)8-14/h10,17H,4-9,14H2,1-3H3,(H,15,16). The van der Waals surface area contributed by atoms with Crippen LogP contribution >= 0.6 is 0 Å². The Morgan fingerprint density at radius 2 is 2.00 bits per heavy atom. The highest BCUT2D eigenvalue weighted by molar-refractivity contribution is 5.82. The number of hydrogen-bond acceptors (Lipinski definition) is 3. The van der Waals surface area contributed by atoms with E-state index in [1.807, 2.05) is 13.8 Å². The summed E-state index contributed by atoms with van der Waals surface area (Å²) in [7, 11) is 0. The Bertz CT molecular complexity index is 269. The molecule has 4 heteroatoms. The van der Waals surface area contributed by atoms with Crippen LogP contribution < -0.4 is 11.1 Å². The van der Waals surface area contributed by atoms with Crippen LogP contribution in [0.5, 0.6) is 0 Å². The molecule has 0 heterocycles. The monoisotopic (exact) mass is 242 g/mol. The van der Waals surface area contributed by atoms with Gasteiger partial charge in [-0.05, 0) is 45.4 Å². The van der Waals surface area contributed by atoms with Crippen molar-refractivity contribution in [2.75, 3.05) is 13.1 Å². The SMILES string of the molecule is CC1CCC(O)(CNC(=O)C(C)(C)CN)CC1. The third-order valence-electron chi connectivity index (χ3n) is 3.91. The van der Waals surface area contributed by atoms with Crippen molar-refractivity contribution in [3.63, 3.8) is 0 Å². The molecule has 0 unspecified atom stereocenters. The highest BCUT2D eigenvalue weighted by Gasteiger charge is 2.34. The Morgan fingerprint density at radius 1 is 1.47 bits per heavy atom. The first-order valence-corrected chi connectivity index (χ1v) is 6.50. The van der Waals surface area contributed by atoms with Crippen molar-refractivity contribution in [3.8, 4) is 0 Å². The van der Waals surface area contributed by atoms with E-state index in [4.69, 9.17) is 5.73 Å². The summed E-state index contributed by atoms with van der Waals surface area (Å²) in [5.74, 6) is 0.610. The number of aliphatic hydroxyl groups is 1. The predicted molar refractivity (Wildman–Crippen MR) is 68.4 cm³/mol. The van der Waals surface area contributed by atoms with Gasteiger partial charge in [0.25, 0.3) is 0 Å². The fourth-order valence-corrected chi connectivity index (χ4v) is 2.05. The molecule has 0 aromatic carbocycles. The van der Waals surface area contributed by atoms with E-state index in [9.17, 15) is 9.90 Å². The van der Waals surface area contributed by atoms with E-state index in [0.717, 1.165) is 25.7 Å². The first-order chi connectivity index (χ1) is 7.79. The molecule has 1 fully saturated rings. The number of nitrogens with two attached hydrogens (primary N) is 1. The van der Waals surface area contributed by atoms with Crippen molar-refractivity contribution < 1.29 is 9.90 Å². The lowest BCUT2D eigenvalue weighted by Crippen LogP contribution is -2.49. The van der Waals surface area contributed by atoms with E-state index in [1.165, 1.54) is 0 Å². The Hall–Kier alpha value is -0.610. The maximum Gasteiger partial charge on any atom is 0.227 e. The van der Waals surface area contributed by atoms with Crippen LogP contribution in [0, 0.1) is 11.3 Å². The van der Waals surface area contributed by atoms with Gasteiger partial charge in [0.05, 0.1) is 11.0 Å². The summed E-state index contributed by atoms with van der Waals surface area (Å²) in [6.45, 7) is 6.50. The first kappa shape index (κ1) is 14.5. The van der Waals surface area contributed by atoms with Gasteiger partial charge < -0.3 is 16.2 Å². The second kappa shape index (κ2) is 5.36. The molecule has 1 aliphatic carbocycles. The first-order valence-electron chi connectivity index (χ1n) is 6.50. The zero-order chi connectivity index (χ0) is 13.1. The van der Waals surface area contributed by atoms with Crippen molar-refractivity contribution in [1.29, 1.82) is 0 Å². The normalized spacial score (nSPS) is 30.1. The van der Waals surface area contributed by atoms with Gasteiger partial charge in [0.2, 0.25) is 5.91 Å². The molecule has 0 aromatic heterocycles. The summed E-state index contributed by atoms with van der Waals surface area (Å²) in [4.78, 5) is 11.8.